The molecule has 132 valence electrons. The lowest BCUT2D eigenvalue weighted by Gasteiger charge is -2.04. The molecule has 1 amide bonds. The van der Waals surface area contributed by atoms with E-state index in [0.717, 1.165) is 11.1 Å². The van der Waals surface area contributed by atoms with Crippen molar-refractivity contribution in [3.8, 4) is 22.6 Å². The quantitative estimate of drug-likeness (QED) is 0.568. The van der Waals surface area contributed by atoms with Crippen LogP contribution in [-0.4, -0.2) is 16.1 Å². The van der Waals surface area contributed by atoms with E-state index in [1.54, 1.807) is 12.1 Å². The van der Waals surface area contributed by atoms with Gasteiger partial charge in [-0.25, -0.2) is 4.39 Å². The lowest BCUT2D eigenvalue weighted by molar-refractivity contribution is 0.102. The second-order valence-electron chi connectivity index (χ2n) is 5.82. The van der Waals surface area contributed by atoms with Crippen LogP contribution < -0.4 is 5.32 Å². The molecule has 3 aromatic carbocycles. The fraction of sp³-hybridized carbons (Fsp3) is 0. The minimum Gasteiger partial charge on any atom is -0.403 e. The van der Waals surface area contributed by atoms with Crippen LogP contribution in [0.5, 0.6) is 0 Å². The molecule has 0 radical (unpaired) electrons. The molecule has 0 bridgehead atoms. The van der Waals surface area contributed by atoms with E-state index in [9.17, 15) is 9.18 Å². The van der Waals surface area contributed by atoms with Gasteiger partial charge < -0.3 is 4.42 Å². The van der Waals surface area contributed by atoms with E-state index in [1.807, 2.05) is 42.5 Å². The third-order valence-electron chi connectivity index (χ3n) is 3.99. The zero-order valence-corrected chi connectivity index (χ0v) is 14.1. The van der Waals surface area contributed by atoms with E-state index in [1.165, 1.54) is 24.3 Å². The maximum atomic E-state index is 13.0. The molecule has 0 saturated heterocycles. The molecule has 1 heterocycles. The molecule has 0 aliphatic heterocycles. The monoisotopic (exact) mass is 359 g/mol. The molecule has 1 aromatic heterocycles. The minimum atomic E-state index is -0.357. The number of benzene rings is 3. The average molecular weight is 359 g/mol. The van der Waals surface area contributed by atoms with E-state index in [2.05, 4.69) is 15.5 Å². The zero-order valence-electron chi connectivity index (χ0n) is 14.1. The Morgan fingerprint density at radius 2 is 1.41 bits per heavy atom. The van der Waals surface area contributed by atoms with Gasteiger partial charge in [0.15, 0.2) is 0 Å². The molecule has 0 aliphatic rings. The lowest BCUT2D eigenvalue weighted by Crippen LogP contribution is -2.11. The standard InChI is InChI=1S/C21H14FN3O2/c22-18-12-10-17(11-13-18)20-24-25-21(27-20)23-19(26)16-8-6-15(7-9-16)14-4-2-1-3-5-14/h1-13H,(H,23,25,26). The second kappa shape index (κ2) is 7.21. The van der Waals surface area contributed by atoms with Crippen LogP contribution in [0.3, 0.4) is 0 Å². The van der Waals surface area contributed by atoms with Crippen LogP contribution in [-0.2, 0) is 0 Å². The number of rotatable bonds is 4. The summed E-state index contributed by atoms with van der Waals surface area (Å²) in [6.45, 7) is 0. The molecule has 4 rings (SSSR count). The predicted molar refractivity (Wildman–Crippen MR) is 99.5 cm³/mol. The Bertz CT molecular complexity index is 1060. The highest BCUT2D eigenvalue weighted by molar-refractivity contribution is 6.03. The van der Waals surface area contributed by atoms with Gasteiger partial charge in [-0.3, -0.25) is 10.1 Å². The van der Waals surface area contributed by atoms with Crippen molar-refractivity contribution in [1.29, 1.82) is 0 Å². The Kier molecular flexibility index (Phi) is 4.45. The van der Waals surface area contributed by atoms with Crippen LogP contribution in [0.1, 0.15) is 10.4 Å². The van der Waals surface area contributed by atoms with Crippen molar-refractivity contribution in [3.63, 3.8) is 0 Å². The fourth-order valence-electron chi connectivity index (χ4n) is 2.60. The van der Waals surface area contributed by atoms with Gasteiger partial charge in [0.05, 0.1) is 0 Å². The van der Waals surface area contributed by atoms with Gasteiger partial charge in [-0.05, 0) is 47.5 Å². The molecule has 0 unspecified atom stereocenters. The third kappa shape index (κ3) is 3.74. The predicted octanol–water partition coefficient (Wildman–Crippen LogP) is 4.80. The number of anilines is 1. The number of carbonyl (C=O) groups is 1. The van der Waals surface area contributed by atoms with Crippen LogP contribution in [0.2, 0.25) is 0 Å². The first-order valence-electron chi connectivity index (χ1n) is 8.25. The number of nitrogens with one attached hydrogen (secondary N) is 1. The number of hydrogen-bond donors (Lipinski definition) is 1. The maximum Gasteiger partial charge on any atom is 0.322 e. The van der Waals surface area contributed by atoms with Crippen LogP contribution in [0.15, 0.2) is 83.3 Å². The summed E-state index contributed by atoms with van der Waals surface area (Å²) in [4.78, 5) is 12.4. The molecule has 0 atom stereocenters. The molecule has 0 aliphatic carbocycles. The number of nitrogens with zero attached hydrogens (tertiary/aromatic N) is 2. The fourth-order valence-corrected chi connectivity index (χ4v) is 2.60. The van der Waals surface area contributed by atoms with Gasteiger partial charge in [0.1, 0.15) is 5.82 Å². The second-order valence-corrected chi connectivity index (χ2v) is 5.82. The highest BCUT2D eigenvalue weighted by Gasteiger charge is 2.13. The van der Waals surface area contributed by atoms with Gasteiger partial charge in [0.25, 0.3) is 5.91 Å². The van der Waals surface area contributed by atoms with Crippen molar-refractivity contribution in [2.75, 3.05) is 5.32 Å². The van der Waals surface area contributed by atoms with E-state index in [0.29, 0.717) is 11.1 Å². The van der Waals surface area contributed by atoms with Gasteiger partial charge in [0.2, 0.25) is 5.89 Å². The van der Waals surface area contributed by atoms with Crippen molar-refractivity contribution in [3.05, 3.63) is 90.2 Å². The Morgan fingerprint density at radius 3 is 2.11 bits per heavy atom. The van der Waals surface area contributed by atoms with Gasteiger partial charge in [-0.15, -0.1) is 5.10 Å². The molecule has 4 aromatic rings. The van der Waals surface area contributed by atoms with Gasteiger partial charge in [0, 0.05) is 11.1 Å². The first kappa shape index (κ1) is 16.7. The average Bonchev–Trinajstić information content (AvgIpc) is 3.18. The van der Waals surface area contributed by atoms with Gasteiger partial charge in [-0.1, -0.05) is 47.6 Å². The molecule has 0 fully saturated rings. The molecular weight excluding hydrogens is 345 g/mol. The smallest absolute Gasteiger partial charge is 0.322 e. The first-order valence-corrected chi connectivity index (χ1v) is 8.25. The summed E-state index contributed by atoms with van der Waals surface area (Å²) in [7, 11) is 0. The molecular formula is C21H14FN3O2. The molecule has 1 N–H and O–H groups in total. The molecule has 0 spiro atoms. The van der Waals surface area contributed by atoms with Crippen LogP contribution in [0.25, 0.3) is 22.6 Å². The maximum absolute atomic E-state index is 13.0. The summed E-state index contributed by atoms with van der Waals surface area (Å²) < 4.78 is 18.4. The molecule has 27 heavy (non-hydrogen) atoms. The third-order valence-corrected chi connectivity index (χ3v) is 3.99. The highest BCUT2D eigenvalue weighted by atomic mass is 19.1. The summed E-state index contributed by atoms with van der Waals surface area (Å²) in [5, 5.41) is 10.2. The van der Waals surface area contributed by atoms with E-state index < -0.39 is 0 Å². The molecule has 6 heteroatoms. The SMILES string of the molecule is O=C(Nc1nnc(-c2ccc(F)cc2)o1)c1ccc(-c2ccccc2)cc1. The van der Waals surface area contributed by atoms with Crippen LogP contribution in [0, 0.1) is 5.82 Å². The van der Waals surface area contributed by atoms with Crippen molar-refractivity contribution in [2.45, 2.75) is 0 Å². The van der Waals surface area contributed by atoms with Gasteiger partial charge in [-0.2, -0.15) is 0 Å². The van der Waals surface area contributed by atoms with E-state index in [-0.39, 0.29) is 23.6 Å². The van der Waals surface area contributed by atoms with Gasteiger partial charge >= 0.3 is 6.01 Å². The Labute approximate surface area is 154 Å². The van der Waals surface area contributed by atoms with Crippen molar-refractivity contribution < 1.29 is 13.6 Å². The number of carbonyl (C=O) groups excluding carboxylic acids is 1. The highest BCUT2D eigenvalue weighted by Crippen LogP contribution is 2.22. The Hall–Kier alpha value is -3.80. The summed E-state index contributed by atoms with van der Waals surface area (Å²) in [5.74, 6) is -0.514. The largest absolute Gasteiger partial charge is 0.403 e. The molecule has 5 nitrogen and oxygen atoms in total. The number of halogens is 1. The summed E-state index contributed by atoms with van der Waals surface area (Å²) in [5.41, 5.74) is 3.13. The normalized spacial score (nSPS) is 10.6. The minimum absolute atomic E-state index is 0.0218. The zero-order chi connectivity index (χ0) is 18.6. The van der Waals surface area contributed by atoms with Crippen molar-refractivity contribution in [1.82, 2.24) is 10.2 Å². The topological polar surface area (TPSA) is 68.0 Å². The first-order chi connectivity index (χ1) is 13.2. The number of amides is 1. The summed E-state index contributed by atoms with van der Waals surface area (Å²) in [6, 6.07) is 22.7. The Balaban J connectivity index is 1.47. The molecule has 0 saturated carbocycles. The lowest BCUT2D eigenvalue weighted by atomic mass is 10.0. The van der Waals surface area contributed by atoms with Crippen molar-refractivity contribution in [2.24, 2.45) is 0 Å². The number of hydrogen-bond acceptors (Lipinski definition) is 4. The van der Waals surface area contributed by atoms with E-state index >= 15 is 0 Å². The Morgan fingerprint density at radius 1 is 0.778 bits per heavy atom. The van der Waals surface area contributed by atoms with Crippen LogP contribution >= 0.6 is 0 Å². The summed E-state index contributed by atoms with van der Waals surface area (Å²) in [6.07, 6.45) is 0. The van der Waals surface area contributed by atoms with E-state index in [4.69, 9.17) is 4.42 Å². The summed E-state index contributed by atoms with van der Waals surface area (Å²) >= 11 is 0. The van der Waals surface area contributed by atoms with Crippen LogP contribution in [0.4, 0.5) is 10.4 Å². The van der Waals surface area contributed by atoms with Crippen molar-refractivity contribution >= 4 is 11.9 Å². The number of aromatic nitrogens is 2.